The third kappa shape index (κ3) is 1.84. The van der Waals surface area contributed by atoms with Crippen molar-refractivity contribution in [3.63, 3.8) is 0 Å². The lowest BCUT2D eigenvalue weighted by atomic mass is 10.5. The molecule has 0 N–H and O–H groups in total. The molecule has 0 aliphatic rings. The molecule has 0 aliphatic heterocycles. The number of thiazole rings is 1. The van der Waals surface area contributed by atoms with Crippen LogP contribution in [0, 0.1) is 0 Å². The van der Waals surface area contributed by atoms with E-state index in [2.05, 4.69) is 9.97 Å². The zero-order chi connectivity index (χ0) is 11.9. The van der Waals surface area contributed by atoms with E-state index < -0.39 is 11.2 Å². The van der Waals surface area contributed by atoms with Crippen LogP contribution < -0.4 is 5.56 Å². The van der Waals surface area contributed by atoms with Crippen LogP contribution in [0.15, 0.2) is 9.13 Å². The quantitative estimate of drug-likeness (QED) is 0.603. The van der Waals surface area contributed by atoms with E-state index in [0.717, 1.165) is 11.3 Å². The number of hydrogen-bond acceptors (Lipinski definition) is 5. The topological polar surface area (TPSA) is 70.8 Å². The first-order chi connectivity index (χ1) is 7.54. The highest BCUT2D eigenvalue weighted by atomic mass is 35.5. The van der Waals surface area contributed by atoms with Crippen molar-refractivity contribution in [2.75, 3.05) is 6.26 Å². The van der Waals surface area contributed by atoms with Crippen molar-refractivity contribution in [2.45, 2.75) is 10.2 Å². The number of nitrogens with zero attached hydrogens (tertiary/aromatic N) is 3. The molecular formula is C8H8ClN3O2S2. The molecule has 0 amide bonds. The Morgan fingerprint density at radius 2 is 2.25 bits per heavy atom. The van der Waals surface area contributed by atoms with Gasteiger partial charge in [0.25, 0.3) is 5.56 Å². The van der Waals surface area contributed by atoms with Gasteiger partial charge in [-0.2, -0.15) is 4.98 Å². The van der Waals surface area contributed by atoms with E-state index in [9.17, 15) is 9.35 Å². The molecule has 1 atom stereocenters. The van der Waals surface area contributed by atoms with Crippen molar-refractivity contribution >= 4 is 44.5 Å². The van der Waals surface area contributed by atoms with Crippen molar-refractivity contribution < 1.29 is 4.55 Å². The molecule has 2 aromatic rings. The summed E-state index contributed by atoms with van der Waals surface area (Å²) >= 11 is 5.64. The van der Waals surface area contributed by atoms with Crippen LogP contribution >= 0.6 is 22.9 Å². The van der Waals surface area contributed by atoms with Gasteiger partial charge in [-0.25, -0.2) is 4.98 Å². The molecule has 8 heteroatoms. The zero-order valence-electron chi connectivity index (χ0n) is 8.56. The maximum atomic E-state index is 11.9. The minimum atomic E-state index is -1.20. The third-order valence-corrected chi connectivity index (χ3v) is 4.60. The molecule has 0 aliphatic carbocycles. The maximum absolute atomic E-state index is 11.9. The molecule has 0 radical (unpaired) electrons. The van der Waals surface area contributed by atoms with Gasteiger partial charge in [0.1, 0.15) is 12.1 Å². The Morgan fingerprint density at radius 3 is 2.81 bits per heavy atom. The molecule has 0 saturated carbocycles. The zero-order valence-corrected chi connectivity index (χ0v) is 10.9. The Balaban J connectivity index is 2.78. The highest BCUT2D eigenvalue weighted by Gasteiger charge is 2.17. The Morgan fingerprint density at radius 1 is 1.56 bits per heavy atom. The van der Waals surface area contributed by atoms with Crippen molar-refractivity contribution in [2.24, 2.45) is 7.05 Å². The van der Waals surface area contributed by atoms with Gasteiger partial charge >= 0.3 is 4.34 Å². The standard InChI is InChI=1S/C8H8ClN3O2S2/c1-12-4(3-9)10-6-5(7(12)13)11-8(15-6)16(2)14/h3H2,1-2H3. The predicted octanol–water partition coefficient (Wildman–Crippen LogP) is 0.866. The molecule has 86 valence electrons. The molecule has 2 heterocycles. The van der Waals surface area contributed by atoms with Gasteiger partial charge in [-0.15, -0.1) is 11.6 Å². The summed E-state index contributed by atoms with van der Waals surface area (Å²) < 4.78 is 13.0. The summed E-state index contributed by atoms with van der Waals surface area (Å²) in [7, 11) is 1.59. The first-order valence-corrected chi connectivity index (χ1v) is 7.21. The van der Waals surface area contributed by atoms with Gasteiger partial charge in [0.05, 0.1) is 5.88 Å². The van der Waals surface area contributed by atoms with Crippen molar-refractivity contribution in [3.8, 4) is 0 Å². The average Bonchev–Trinajstić information content (AvgIpc) is 2.67. The maximum Gasteiger partial charge on any atom is 0.304 e. The first kappa shape index (κ1) is 11.8. The van der Waals surface area contributed by atoms with Gasteiger partial charge < -0.3 is 4.55 Å². The molecule has 0 bridgehead atoms. The highest BCUT2D eigenvalue weighted by Crippen LogP contribution is 2.21. The summed E-state index contributed by atoms with van der Waals surface area (Å²) in [6, 6.07) is 0. The molecule has 0 fully saturated rings. The minimum absolute atomic E-state index is 0.157. The van der Waals surface area contributed by atoms with E-state index in [1.54, 1.807) is 7.05 Å². The van der Waals surface area contributed by atoms with E-state index in [4.69, 9.17) is 11.6 Å². The first-order valence-electron chi connectivity index (χ1n) is 4.30. The Kier molecular flexibility index (Phi) is 3.20. The SMILES string of the molecule is Cn1c(CCl)nc2sc([S+](C)[O-])nc2c1=O. The summed E-state index contributed by atoms with van der Waals surface area (Å²) in [5.74, 6) is 0.640. The summed E-state index contributed by atoms with van der Waals surface area (Å²) in [6.07, 6.45) is 1.52. The molecule has 2 aromatic heterocycles. The van der Waals surface area contributed by atoms with Crippen LogP contribution in [-0.4, -0.2) is 25.3 Å². The molecule has 0 saturated heterocycles. The van der Waals surface area contributed by atoms with Crippen LogP contribution in [0.4, 0.5) is 0 Å². The van der Waals surface area contributed by atoms with E-state index in [0.29, 0.717) is 15.0 Å². The molecule has 16 heavy (non-hydrogen) atoms. The normalized spacial score (nSPS) is 13.2. The number of halogens is 1. The van der Waals surface area contributed by atoms with Gasteiger partial charge in [0.2, 0.25) is 0 Å². The average molecular weight is 278 g/mol. The number of aromatic nitrogens is 3. The van der Waals surface area contributed by atoms with Gasteiger partial charge in [-0.1, -0.05) is 0 Å². The van der Waals surface area contributed by atoms with Crippen molar-refractivity contribution in [1.82, 2.24) is 14.5 Å². The fraction of sp³-hybridized carbons (Fsp3) is 0.375. The summed E-state index contributed by atoms with van der Waals surface area (Å²) in [4.78, 5) is 20.6. The minimum Gasteiger partial charge on any atom is -0.610 e. The number of fused-ring (bicyclic) bond motifs is 1. The summed E-state index contributed by atoms with van der Waals surface area (Å²) in [5, 5.41) is 0. The Labute approximate surface area is 103 Å². The van der Waals surface area contributed by atoms with Crippen LogP contribution in [0.5, 0.6) is 0 Å². The van der Waals surface area contributed by atoms with Crippen LogP contribution in [0.3, 0.4) is 0 Å². The molecule has 2 rings (SSSR count). The van der Waals surface area contributed by atoms with Gasteiger partial charge in [-0.3, -0.25) is 9.36 Å². The fourth-order valence-electron chi connectivity index (χ4n) is 1.22. The number of hydrogen-bond donors (Lipinski definition) is 0. The lowest BCUT2D eigenvalue weighted by Gasteiger charge is -2.01. The van der Waals surface area contributed by atoms with Crippen molar-refractivity contribution in [1.29, 1.82) is 0 Å². The summed E-state index contributed by atoms with van der Waals surface area (Å²) in [5.41, 5.74) is 0.000154. The van der Waals surface area contributed by atoms with E-state index in [-0.39, 0.29) is 17.0 Å². The molecular weight excluding hydrogens is 270 g/mol. The number of rotatable bonds is 2. The third-order valence-electron chi connectivity index (χ3n) is 2.08. The fourth-order valence-corrected chi connectivity index (χ4v) is 3.07. The largest absolute Gasteiger partial charge is 0.610 e. The summed E-state index contributed by atoms with van der Waals surface area (Å²) in [6.45, 7) is 0. The molecule has 5 nitrogen and oxygen atoms in total. The molecule has 1 unspecified atom stereocenters. The molecule has 0 aromatic carbocycles. The monoisotopic (exact) mass is 277 g/mol. The smallest absolute Gasteiger partial charge is 0.304 e. The Hall–Kier alpha value is -0.630. The van der Waals surface area contributed by atoms with Crippen LogP contribution in [0.25, 0.3) is 10.3 Å². The van der Waals surface area contributed by atoms with Gasteiger partial charge in [0, 0.05) is 18.2 Å². The highest BCUT2D eigenvalue weighted by molar-refractivity contribution is 7.92. The van der Waals surface area contributed by atoms with Gasteiger partial charge in [0.15, 0.2) is 10.3 Å². The van der Waals surface area contributed by atoms with Gasteiger partial charge in [-0.05, 0) is 11.3 Å². The second-order valence-electron chi connectivity index (χ2n) is 3.11. The Bertz CT molecular complexity index is 593. The van der Waals surface area contributed by atoms with Crippen LogP contribution in [0.1, 0.15) is 5.82 Å². The van der Waals surface area contributed by atoms with E-state index in [1.807, 2.05) is 0 Å². The van der Waals surface area contributed by atoms with E-state index >= 15 is 0 Å². The van der Waals surface area contributed by atoms with Crippen LogP contribution in [-0.2, 0) is 24.1 Å². The second kappa shape index (κ2) is 4.33. The van der Waals surface area contributed by atoms with Crippen LogP contribution in [0.2, 0.25) is 0 Å². The lowest BCUT2D eigenvalue weighted by Crippen LogP contribution is -2.21. The van der Waals surface area contributed by atoms with E-state index in [1.165, 1.54) is 10.8 Å². The second-order valence-corrected chi connectivity index (χ2v) is 5.91. The van der Waals surface area contributed by atoms with Crippen molar-refractivity contribution in [3.05, 3.63) is 16.2 Å². The number of alkyl halides is 1. The lowest BCUT2D eigenvalue weighted by molar-refractivity contribution is 0.600. The molecule has 0 spiro atoms. The predicted molar refractivity (Wildman–Crippen MR) is 64.5 cm³/mol.